The third-order valence-corrected chi connectivity index (χ3v) is 3.27. The lowest BCUT2D eigenvalue weighted by atomic mass is 10.1. The number of aliphatic hydroxyl groups is 1. The maximum atomic E-state index is 12.1. The Morgan fingerprint density at radius 2 is 1.91 bits per heavy atom. The molecule has 0 fully saturated rings. The molecule has 114 valence electrons. The molecule has 5 nitrogen and oxygen atoms in total. The van der Waals surface area contributed by atoms with Gasteiger partial charge in [0, 0.05) is 12.6 Å². The minimum Gasteiger partial charge on any atom is -0.506 e. The van der Waals surface area contributed by atoms with E-state index < -0.39 is 17.2 Å². The molecule has 0 radical (unpaired) electrons. The molecule has 0 heterocycles. The molecule has 0 aromatic heterocycles. The van der Waals surface area contributed by atoms with Crippen LogP contribution in [-0.2, 0) is 4.79 Å². The van der Waals surface area contributed by atoms with Crippen LogP contribution >= 0.6 is 23.2 Å². The molecule has 0 bridgehead atoms. The molecule has 0 aliphatic carbocycles. The van der Waals surface area contributed by atoms with E-state index in [9.17, 15) is 15.0 Å². The summed E-state index contributed by atoms with van der Waals surface area (Å²) in [6, 6.07) is 4.06. The van der Waals surface area contributed by atoms with Crippen LogP contribution in [-0.4, -0.2) is 34.6 Å². The smallest absolute Gasteiger partial charge is 0.268 e. The van der Waals surface area contributed by atoms with E-state index in [1.54, 1.807) is 13.0 Å². The Morgan fingerprint density at radius 3 is 2.36 bits per heavy atom. The lowest BCUT2D eigenvalue weighted by molar-refractivity contribution is -0.124. The summed E-state index contributed by atoms with van der Waals surface area (Å²) in [5.74, 6) is 3.69. The Hall–Kier alpha value is -2.34. The van der Waals surface area contributed by atoms with E-state index in [1.807, 2.05) is 0 Å². The number of nitriles is 1. The predicted octanol–water partition coefficient (Wildman–Crippen LogP) is 2.97. The molecule has 0 unspecified atom stereocenters. The van der Waals surface area contributed by atoms with Crippen LogP contribution in [0.4, 0.5) is 0 Å². The zero-order valence-electron chi connectivity index (χ0n) is 11.8. The van der Waals surface area contributed by atoms with Crippen molar-refractivity contribution in [3.05, 3.63) is 33.3 Å². The average molecular weight is 339 g/mol. The average Bonchev–Trinajstić information content (AvgIpc) is 2.49. The number of amides is 1. The van der Waals surface area contributed by atoms with Crippen LogP contribution in [0.1, 0.15) is 12.5 Å². The van der Waals surface area contributed by atoms with E-state index >= 15 is 0 Å². The van der Waals surface area contributed by atoms with Gasteiger partial charge in [-0.15, -0.1) is 5.92 Å². The Morgan fingerprint density at radius 1 is 1.36 bits per heavy atom. The molecule has 1 aromatic carbocycles. The molecule has 7 heteroatoms. The molecule has 0 aliphatic heterocycles. The van der Waals surface area contributed by atoms with Crippen molar-refractivity contribution in [1.82, 2.24) is 4.90 Å². The maximum absolute atomic E-state index is 12.1. The minimum absolute atomic E-state index is 0.0488. The van der Waals surface area contributed by atoms with E-state index in [0.717, 1.165) is 0 Å². The normalized spacial score (nSPS) is 10.9. The van der Waals surface area contributed by atoms with Crippen LogP contribution in [0.15, 0.2) is 17.7 Å². The van der Waals surface area contributed by atoms with E-state index in [-0.39, 0.29) is 27.9 Å². The van der Waals surface area contributed by atoms with Gasteiger partial charge >= 0.3 is 0 Å². The molecular weight excluding hydrogens is 327 g/mol. The summed E-state index contributed by atoms with van der Waals surface area (Å²) < 4.78 is 0. The van der Waals surface area contributed by atoms with Gasteiger partial charge in [0.05, 0.1) is 16.6 Å². The second kappa shape index (κ2) is 7.61. The number of hydrogen-bond donors (Lipinski definition) is 2. The van der Waals surface area contributed by atoms with Gasteiger partial charge in [0.1, 0.15) is 11.8 Å². The molecule has 1 amide bonds. The molecule has 22 heavy (non-hydrogen) atoms. The number of likely N-dealkylation sites (N-methyl/N-ethyl adjacent to an activating group) is 1. The highest BCUT2D eigenvalue weighted by atomic mass is 35.5. The van der Waals surface area contributed by atoms with Gasteiger partial charge in [-0.2, -0.15) is 5.26 Å². The predicted molar refractivity (Wildman–Crippen MR) is 84.4 cm³/mol. The third-order valence-electron chi connectivity index (χ3n) is 2.69. The fraction of sp³-hybridized carbons (Fsp3) is 0.200. The van der Waals surface area contributed by atoms with Crippen molar-refractivity contribution in [2.75, 3.05) is 13.6 Å². The number of nitrogens with zero attached hydrogens (tertiary/aromatic N) is 2. The number of carbonyl (C=O) groups is 1. The molecule has 2 N–H and O–H groups in total. The standard InChI is InChI=1S/C15H12Cl2N2O3/c1-3-4-5-19(2)15(22)10(8-18)13(20)9-6-11(16)14(21)12(17)7-9/h6-7,20-21H,5H2,1-2H3/b13-10-. The molecular formula is C15H12Cl2N2O3. The van der Waals surface area contributed by atoms with Crippen LogP contribution in [0.25, 0.3) is 5.76 Å². The van der Waals surface area contributed by atoms with Crippen molar-refractivity contribution in [1.29, 1.82) is 5.26 Å². The number of hydrogen-bond acceptors (Lipinski definition) is 4. The zero-order valence-corrected chi connectivity index (χ0v) is 13.3. The number of benzene rings is 1. The quantitative estimate of drug-likeness (QED) is 0.384. The van der Waals surface area contributed by atoms with Gasteiger partial charge < -0.3 is 15.1 Å². The van der Waals surface area contributed by atoms with E-state index in [4.69, 9.17) is 28.5 Å². The number of rotatable bonds is 3. The largest absolute Gasteiger partial charge is 0.506 e. The topological polar surface area (TPSA) is 84.6 Å². The third kappa shape index (κ3) is 3.85. The number of aromatic hydroxyl groups is 1. The monoisotopic (exact) mass is 338 g/mol. The van der Waals surface area contributed by atoms with Gasteiger partial charge in [0.2, 0.25) is 0 Å². The van der Waals surface area contributed by atoms with Gasteiger partial charge in [0.15, 0.2) is 11.3 Å². The highest BCUT2D eigenvalue weighted by Gasteiger charge is 2.21. The van der Waals surface area contributed by atoms with Gasteiger partial charge in [0.25, 0.3) is 5.91 Å². The van der Waals surface area contributed by atoms with Crippen LogP contribution < -0.4 is 0 Å². The van der Waals surface area contributed by atoms with Gasteiger partial charge in [-0.25, -0.2) is 0 Å². The summed E-state index contributed by atoms with van der Waals surface area (Å²) in [5.41, 5.74) is -0.425. The van der Waals surface area contributed by atoms with Gasteiger partial charge in [-0.3, -0.25) is 4.79 Å². The molecule has 0 spiro atoms. The van der Waals surface area contributed by atoms with Crippen molar-refractivity contribution >= 4 is 34.9 Å². The molecule has 0 atom stereocenters. The summed E-state index contributed by atoms with van der Waals surface area (Å²) in [7, 11) is 1.45. The van der Waals surface area contributed by atoms with E-state index in [1.165, 1.54) is 24.1 Å². The molecule has 0 saturated heterocycles. The first-order valence-electron chi connectivity index (χ1n) is 6.00. The van der Waals surface area contributed by atoms with E-state index in [2.05, 4.69) is 11.8 Å². The Labute approximate surface area is 138 Å². The molecule has 1 rings (SSSR count). The summed E-state index contributed by atoms with van der Waals surface area (Å²) in [6.45, 7) is 1.74. The lowest BCUT2D eigenvalue weighted by Crippen LogP contribution is -2.28. The molecule has 1 aromatic rings. The van der Waals surface area contributed by atoms with Crippen molar-refractivity contribution < 1.29 is 15.0 Å². The highest BCUT2D eigenvalue weighted by Crippen LogP contribution is 2.35. The number of phenolic OH excluding ortho intramolecular Hbond substituents is 1. The Bertz CT molecular complexity index is 716. The van der Waals surface area contributed by atoms with Crippen LogP contribution in [0, 0.1) is 23.2 Å². The first kappa shape index (κ1) is 17.7. The van der Waals surface area contributed by atoms with Gasteiger partial charge in [-0.05, 0) is 19.1 Å². The molecule has 0 aliphatic rings. The van der Waals surface area contributed by atoms with Crippen molar-refractivity contribution in [2.45, 2.75) is 6.92 Å². The van der Waals surface area contributed by atoms with Crippen LogP contribution in [0.5, 0.6) is 5.75 Å². The van der Waals surface area contributed by atoms with Crippen molar-refractivity contribution in [3.8, 4) is 23.7 Å². The zero-order chi connectivity index (χ0) is 16.9. The van der Waals surface area contributed by atoms with E-state index in [0.29, 0.717) is 0 Å². The number of halogens is 2. The van der Waals surface area contributed by atoms with Crippen LogP contribution in [0.3, 0.4) is 0 Å². The van der Waals surface area contributed by atoms with Gasteiger partial charge in [-0.1, -0.05) is 29.1 Å². The summed E-state index contributed by atoms with van der Waals surface area (Å²) in [6.07, 6.45) is 0. The van der Waals surface area contributed by atoms with Crippen molar-refractivity contribution in [2.24, 2.45) is 0 Å². The number of aliphatic hydroxyl groups excluding tert-OH is 1. The maximum Gasteiger partial charge on any atom is 0.268 e. The summed E-state index contributed by atoms with van der Waals surface area (Å²) in [5, 5.41) is 28.5. The molecule has 0 saturated carbocycles. The lowest BCUT2D eigenvalue weighted by Gasteiger charge is -2.14. The SMILES string of the molecule is CC#CCN(C)C(=O)/C(C#N)=C(\O)c1cc(Cl)c(O)c(Cl)c1. The number of carbonyl (C=O) groups excluding carboxylic acids is 1. The first-order valence-corrected chi connectivity index (χ1v) is 6.75. The second-order valence-corrected chi connectivity index (χ2v) is 5.03. The Kier molecular flexibility index (Phi) is 6.12. The summed E-state index contributed by atoms with van der Waals surface area (Å²) in [4.78, 5) is 13.3. The fourth-order valence-corrected chi connectivity index (χ4v) is 2.00. The summed E-state index contributed by atoms with van der Waals surface area (Å²) >= 11 is 11.5. The highest BCUT2D eigenvalue weighted by molar-refractivity contribution is 6.37. The fourth-order valence-electron chi connectivity index (χ4n) is 1.51. The number of phenols is 1. The minimum atomic E-state index is -0.692. The first-order chi connectivity index (χ1) is 10.3. The van der Waals surface area contributed by atoms with Crippen LogP contribution in [0.2, 0.25) is 10.0 Å². The van der Waals surface area contributed by atoms with Crippen molar-refractivity contribution in [3.63, 3.8) is 0 Å². The Balaban J connectivity index is 3.30. The second-order valence-electron chi connectivity index (χ2n) is 4.21.